The average molecular weight is 480 g/mol. The number of benzene rings is 1. The van der Waals surface area contributed by atoms with E-state index < -0.39 is 0 Å². The molecule has 1 fully saturated rings. The molecule has 2 aromatic rings. The molecule has 1 saturated heterocycles. The highest BCUT2D eigenvalue weighted by Gasteiger charge is 2.28. The first kappa shape index (κ1) is 25.3. The fraction of sp³-hybridized carbons (Fsp3) is 0.556. The fourth-order valence-corrected chi connectivity index (χ4v) is 4.62. The minimum atomic E-state index is -0.0961. The molecule has 0 bridgehead atoms. The molecule has 4 rings (SSSR count). The molecular weight excluding hydrogens is 442 g/mol. The Balaban J connectivity index is 1.75. The zero-order chi connectivity index (χ0) is 24.8. The Bertz CT molecular complexity index is 1160. The van der Waals surface area contributed by atoms with Gasteiger partial charge in [-0.05, 0) is 49.9 Å². The van der Waals surface area contributed by atoms with Gasteiger partial charge in [0.15, 0.2) is 5.82 Å². The van der Waals surface area contributed by atoms with Crippen molar-refractivity contribution in [2.24, 2.45) is 10.1 Å². The molecule has 0 radical (unpaired) electrons. The summed E-state index contributed by atoms with van der Waals surface area (Å²) in [6, 6.07) is 6.35. The fourth-order valence-electron chi connectivity index (χ4n) is 4.62. The zero-order valence-corrected chi connectivity index (χ0v) is 21.5. The highest BCUT2D eigenvalue weighted by molar-refractivity contribution is 6.49. The number of morpholine rings is 1. The predicted octanol–water partition coefficient (Wildman–Crippen LogP) is 4.06. The maximum absolute atomic E-state index is 13.3. The Hall–Kier alpha value is -2.84. The van der Waals surface area contributed by atoms with Gasteiger partial charge in [-0.3, -0.25) is 4.79 Å². The monoisotopic (exact) mass is 479 g/mol. The van der Waals surface area contributed by atoms with Crippen LogP contribution >= 0.6 is 0 Å². The first-order chi connectivity index (χ1) is 17.1. The third-order valence-electron chi connectivity index (χ3n) is 6.65. The van der Waals surface area contributed by atoms with Gasteiger partial charge < -0.3 is 14.4 Å². The molecule has 2 aliphatic rings. The van der Waals surface area contributed by atoms with E-state index in [9.17, 15) is 4.79 Å². The van der Waals surface area contributed by atoms with Crippen LogP contribution in [0.1, 0.15) is 62.2 Å². The van der Waals surface area contributed by atoms with Crippen LogP contribution in [-0.2, 0) is 22.3 Å². The number of aliphatic imine (C=N–C) groups is 1. The summed E-state index contributed by atoms with van der Waals surface area (Å²) in [5, 5.41) is 4.73. The van der Waals surface area contributed by atoms with Crippen LogP contribution in [0.15, 0.2) is 33.1 Å². The molecule has 0 spiro atoms. The van der Waals surface area contributed by atoms with Crippen molar-refractivity contribution in [1.82, 2.24) is 9.66 Å². The van der Waals surface area contributed by atoms with Gasteiger partial charge in [0.2, 0.25) is 0 Å². The summed E-state index contributed by atoms with van der Waals surface area (Å²) < 4.78 is 12.2. The second kappa shape index (κ2) is 11.7. The van der Waals surface area contributed by atoms with Crippen molar-refractivity contribution < 1.29 is 9.47 Å². The lowest BCUT2D eigenvalue weighted by atomic mass is 10.1. The minimum absolute atomic E-state index is 0.0961. The van der Waals surface area contributed by atoms with E-state index in [0.29, 0.717) is 36.5 Å². The first-order valence-electron chi connectivity index (χ1n) is 12.8. The molecule has 2 aliphatic heterocycles. The molecule has 0 amide bonds. The number of hydrogen-bond acceptors (Lipinski definition) is 7. The summed E-state index contributed by atoms with van der Waals surface area (Å²) in [5.74, 6) is 0.543. The quantitative estimate of drug-likeness (QED) is 0.480. The van der Waals surface area contributed by atoms with Crippen LogP contribution in [0.3, 0.4) is 0 Å². The van der Waals surface area contributed by atoms with Gasteiger partial charge >= 0.3 is 0 Å². The number of aromatic nitrogens is 2. The molecule has 0 saturated carbocycles. The summed E-state index contributed by atoms with van der Waals surface area (Å²) >= 11 is 0. The summed E-state index contributed by atoms with van der Waals surface area (Å²) in [5.41, 5.74) is 6.08. The van der Waals surface area contributed by atoms with Gasteiger partial charge in [0.1, 0.15) is 5.71 Å². The van der Waals surface area contributed by atoms with E-state index in [0.717, 1.165) is 74.6 Å². The van der Waals surface area contributed by atoms with Crippen LogP contribution in [0.5, 0.6) is 0 Å². The third kappa shape index (κ3) is 5.54. The first-order valence-corrected chi connectivity index (χ1v) is 12.8. The third-order valence-corrected chi connectivity index (χ3v) is 6.65. The van der Waals surface area contributed by atoms with E-state index in [-0.39, 0.29) is 5.56 Å². The molecule has 0 atom stereocenters. The predicted molar refractivity (Wildman–Crippen MR) is 141 cm³/mol. The van der Waals surface area contributed by atoms with Crippen LogP contribution < -0.4 is 10.5 Å². The smallest absolute Gasteiger partial charge is 0.277 e. The van der Waals surface area contributed by atoms with Crippen molar-refractivity contribution in [3.05, 3.63) is 51.2 Å². The molecule has 0 aliphatic carbocycles. The Labute approximate surface area is 207 Å². The molecule has 1 aromatic carbocycles. The molecule has 3 heterocycles. The van der Waals surface area contributed by atoms with Crippen LogP contribution in [0.25, 0.3) is 0 Å². The van der Waals surface area contributed by atoms with Gasteiger partial charge in [-0.25, -0.2) is 9.98 Å². The standard InChI is InChI=1S/C27H37N5O3/c1-5-7-8-9-24-25(26-29-23(12-15-34-4)21(6-2)27(33)32(26)30-24)28-22-11-10-20(18-19(22)3)31-13-16-35-17-14-31/h10-11,18H,5-9,12-17H2,1-4H3. The maximum atomic E-state index is 13.3. The lowest BCUT2D eigenvalue weighted by Crippen LogP contribution is -2.36. The van der Waals surface area contributed by atoms with Gasteiger partial charge in [0.05, 0.1) is 36.9 Å². The largest absolute Gasteiger partial charge is 0.384 e. The van der Waals surface area contributed by atoms with Crippen molar-refractivity contribution in [3.8, 4) is 0 Å². The maximum Gasteiger partial charge on any atom is 0.277 e. The van der Waals surface area contributed by atoms with E-state index in [1.165, 1.54) is 10.4 Å². The Morgan fingerprint density at radius 3 is 2.63 bits per heavy atom. The second-order valence-electron chi connectivity index (χ2n) is 9.11. The minimum Gasteiger partial charge on any atom is -0.384 e. The van der Waals surface area contributed by atoms with Gasteiger partial charge in [-0.1, -0.05) is 26.7 Å². The number of methoxy groups -OCH3 is 1. The van der Waals surface area contributed by atoms with Crippen molar-refractivity contribution in [1.29, 1.82) is 0 Å². The molecule has 8 heteroatoms. The van der Waals surface area contributed by atoms with E-state index >= 15 is 0 Å². The van der Waals surface area contributed by atoms with E-state index in [4.69, 9.17) is 24.6 Å². The van der Waals surface area contributed by atoms with Gasteiger partial charge in [-0.2, -0.15) is 9.78 Å². The molecule has 188 valence electrons. The van der Waals surface area contributed by atoms with Crippen LogP contribution in [-0.4, -0.2) is 61.1 Å². The number of anilines is 1. The summed E-state index contributed by atoms with van der Waals surface area (Å²) in [4.78, 5) is 25.6. The number of rotatable bonds is 10. The van der Waals surface area contributed by atoms with E-state index in [1.807, 2.05) is 6.92 Å². The average Bonchev–Trinajstić information content (AvgIpc) is 3.22. The van der Waals surface area contributed by atoms with Crippen molar-refractivity contribution in [2.75, 3.05) is 44.9 Å². The van der Waals surface area contributed by atoms with Crippen LogP contribution in [0.4, 0.5) is 11.4 Å². The molecule has 1 aromatic heterocycles. The summed E-state index contributed by atoms with van der Waals surface area (Å²) in [7, 11) is 1.66. The number of fused-ring (bicyclic) bond motifs is 1. The lowest BCUT2D eigenvalue weighted by molar-refractivity contribution is 0.122. The van der Waals surface area contributed by atoms with Crippen molar-refractivity contribution in [2.45, 2.75) is 59.3 Å². The molecule has 0 unspecified atom stereocenters. The molecule has 0 N–H and O–H groups in total. The topological polar surface area (TPSA) is 81.3 Å². The molecule has 8 nitrogen and oxygen atoms in total. The summed E-state index contributed by atoms with van der Waals surface area (Å²) in [6.07, 6.45) is 5.21. The van der Waals surface area contributed by atoms with Gasteiger partial charge in [-0.15, -0.1) is 0 Å². The van der Waals surface area contributed by atoms with Crippen molar-refractivity contribution >= 4 is 22.8 Å². The van der Waals surface area contributed by atoms with E-state index in [1.54, 1.807) is 7.11 Å². The Kier molecular flexibility index (Phi) is 8.46. The van der Waals surface area contributed by atoms with Crippen LogP contribution in [0.2, 0.25) is 0 Å². The number of unbranched alkanes of at least 4 members (excludes halogenated alkanes) is 2. The van der Waals surface area contributed by atoms with Crippen molar-refractivity contribution in [3.63, 3.8) is 0 Å². The SMILES string of the molecule is CCCCCC1=Nn2c(nc(CCOC)c(CC)c2=O)C1=Nc1ccc(N2CCOCC2)cc1C. The van der Waals surface area contributed by atoms with Gasteiger partial charge in [0, 0.05) is 37.9 Å². The number of ether oxygens (including phenoxy) is 2. The highest BCUT2D eigenvalue weighted by atomic mass is 16.5. The molecular formula is C27H37N5O3. The lowest BCUT2D eigenvalue weighted by Gasteiger charge is -2.29. The normalized spacial score (nSPS) is 16.6. The summed E-state index contributed by atoms with van der Waals surface area (Å²) in [6.45, 7) is 10.1. The molecule has 35 heavy (non-hydrogen) atoms. The van der Waals surface area contributed by atoms with Gasteiger partial charge in [0.25, 0.3) is 5.56 Å². The number of aryl methyl sites for hydroxylation is 1. The Morgan fingerprint density at radius 1 is 1.14 bits per heavy atom. The number of hydrogen-bond donors (Lipinski definition) is 0. The Morgan fingerprint density at radius 2 is 1.94 bits per heavy atom. The second-order valence-corrected chi connectivity index (χ2v) is 9.11. The van der Waals surface area contributed by atoms with Crippen LogP contribution in [0, 0.1) is 6.92 Å². The number of nitrogens with zero attached hydrogens (tertiary/aromatic N) is 5. The zero-order valence-electron chi connectivity index (χ0n) is 21.5. The highest BCUT2D eigenvalue weighted by Crippen LogP contribution is 2.27. The van der Waals surface area contributed by atoms with E-state index in [2.05, 4.69) is 36.9 Å².